The van der Waals surface area contributed by atoms with Gasteiger partial charge in [-0.15, -0.1) is 0 Å². The molecule has 0 saturated heterocycles. The van der Waals surface area contributed by atoms with E-state index in [0.717, 1.165) is 17.0 Å². The van der Waals surface area contributed by atoms with Crippen LogP contribution in [0.2, 0.25) is 0 Å². The number of hydrogen-bond acceptors (Lipinski definition) is 1. The number of rotatable bonds is 3. The Morgan fingerprint density at radius 2 is 1.58 bits per heavy atom. The van der Waals surface area contributed by atoms with E-state index >= 15 is 0 Å². The second-order valence-electron chi connectivity index (χ2n) is 4.58. The van der Waals surface area contributed by atoms with Crippen LogP contribution in [0.1, 0.15) is 25.0 Å². The molecule has 0 atom stereocenters. The van der Waals surface area contributed by atoms with Crippen molar-refractivity contribution in [2.45, 2.75) is 20.8 Å². The first-order valence-corrected chi connectivity index (χ1v) is 6.55. The van der Waals surface area contributed by atoms with Gasteiger partial charge in [0.25, 0.3) is 0 Å². The summed E-state index contributed by atoms with van der Waals surface area (Å²) in [5.74, 6) is 0. The standard InChI is InChI=1S/C18H19N/c1-4-14(2)18(16-11-6-5-7-12-16)19-17-13-9-8-10-15(17)3/h4-13H,1-3H3/b14-4-,19-18?. The van der Waals surface area contributed by atoms with Crippen LogP contribution in [0, 0.1) is 6.92 Å². The highest BCUT2D eigenvalue weighted by Crippen LogP contribution is 2.21. The topological polar surface area (TPSA) is 12.4 Å². The first-order valence-electron chi connectivity index (χ1n) is 6.55. The van der Waals surface area contributed by atoms with E-state index in [9.17, 15) is 0 Å². The van der Waals surface area contributed by atoms with Gasteiger partial charge in [-0.2, -0.15) is 0 Å². The molecule has 1 heteroatoms. The largest absolute Gasteiger partial charge is 0.248 e. The first-order chi connectivity index (χ1) is 9.22. The maximum Gasteiger partial charge on any atom is 0.0735 e. The third kappa shape index (κ3) is 3.19. The lowest BCUT2D eigenvalue weighted by molar-refractivity contribution is 1.37. The van der Waals surface area contributed by atoms with Gasteiger partial charge < -0.3 is 0 Å². The van der Waals surface area contributed by atoms with Gasteiger partial charge in [-0.1, -0.05) is 54.6 Å². The third-order valence-electron chi connectivity index (χ3n) is 3.20. The third-order valence-corrected chi connectivity index (χ3v) is 3.20. The monoisotopic (exact) mass is 249 g/mol. The Morgan fingerprint density at radius 1 is 0.947 bits per heavy atom. The van der Waals surface area contributed by atoms with Crippen LogP contribution in [0.5, 0.6) is 0 Å². The molecule has 1 nitrogen and oxygen atoms in total. The molecule has 0 amide bonds. The average molecular weight is 249 g/mol. The van der Waals surface area contributed by atoms with Crippen molar-refractivity contribution in [3.05, 3.63) is 77.4 Å². The molecule has 0 unspecified atom stereocenters. The molecular weight excluding hydrogens is 230 g/mol. The van der Waals surface area contributed by atoms with E-state index in [2.05, 4.69) is 44.2 Å². The predicted octanol–water partition coefficient (Wildman–Crippen LogP) is 5.08. The van der Waals surface area contributed by atoms with Gasteiger partial charge in [0.05, 0.1) is 11.4 Å². The van der Waals surface area contributed by atoms with Crippen LogP contribution < -0.4 is 0 Å². The molecule has 0 aliphatic heterocycles. The molecule has 0 spiro atoms. The van der Waals surface area contributed by atoms with E-state index < -0.39 is 0 Å². The average Bonchev–Trinajstić information content (AvgIpc) is 2.46. The summed E-state index contributed by atoms with van der Waals surface area (Å²) in [5.41, 5.74) is 5.61. The van der Waals surface area contributed by atoms with Gasteiger partial charge in [-0.25, -0.2) is 4.99 Å². The minimum absolute atomic E-state index is 1.03. The van der Waals surface area contributed by atoms with Crippen LogP contribution in [0.3, 0.4) is 0 Å². The molecular formula is C18H19N. The summed E-state index contributed by atoms with van der Waals surface area (Å²) in [4.78, 5) is 4.85. The lowest BCUT2D eigenvalue weighted by atomic mass is 10.0. The molecule has 0 heterocycles. The number of hydrogen-bond donors (Lipinski definition) is 0. The zero-order valence-corrected chi connectivity index (χ0v) is 11.7. The fourth-order valence-corrected chi connectivity index (χ4v) is 1.92. The smallest absolute Gasteiger partial charge is 0.0735 e. The van der Waals surface area contributed by atoms with Crippen LogP contribution in [0.15, 0.2) is 71.2 Å². The van der Waals surface area contributed by atoms with Crippen molar-refractivity contribution in [1.82, 2.24) is 0 Å². The Labute approximate surface area is 115 Å². The van der Waals surface area contributed by atoms with Crippen molar-refractivity contribution in [1.29, 1.82) is 0 Å². The van der Waals surface area contributed by atoms with Crippen LogP contribution in [-0.2, 0) is 0 Å². The fourth-order valence-electron chi connectivity index (χ4n) is 1.92. The van der Waals surface area contributed by atoms with Crippen molar-refractivity contribution < 1.29 is 0 Å². The molecule has 0 fully saturated rings. The molecule has 0 aliphatic carbocycles. The Hall–Kier alpha value is -2.15. The van der Waals surface area contributed by atoms with Crippen LogP contribution >= 0.6 is 0 Å². The van der Waals surface area contributed by atoms with Crippen molar-refractivity contribution in [2.75, 3.05) is 0 Å². The van der Waals surface area contributed by atoms with Gasteiger partial charge >= 0.3 is 0 Å². The summed E-state index contributed by atoms with van der Waals surface area (Å²) in [6.07, 6.45) is 2.10. The minimum Gasteiger partial charge on any atom is -0.248 e. The van der Waals surface area contributed by atoms with Gasteiger partial charge in [0.1, 0.15) is 0 Å². The molecule has 2 aromatic carbocycles. The summed E-state index contributed by atoms with van der Waals surface area (Å²) < 4.78 is 0. The lowest BCUT2D eigenvalue weighted by Crippen LogP contribution is -2.02. The zero-order valence-electron chi connectivity index (χ0n) is 11.7. The molecule has 0 radical (unpaired) electrons. The number of aliphatic imine (C=N–C) groups is 1. The van der Waals surface area contributed by atoms with Crippen LogP contribution in [0.4, 0.5) is 5.69 Å². The predicted molar refractivity (Wildman–Crippen MR) is 83.2 cm³/mol. The molecule has 0 N–H and O–H groups in total. The zero-order chi connectivity index (χ0) is 13.7. The Kier molecular flexibility index (Phi) is 4.30. The van der Waals surface area contributed by atoms with Crippen molar-refractivity contribution >= 4 is 11.4 Å². The summed E-state index contributed by atoms with van der Waals surface area (Å²) in [6, 6.07) is 18.5. The van der Waals surface area contributed by atoms with Crippen molar-refractivity contribution in [3.8, 4) is 0 Å². The molecule has 0 bridgehead atoms. The van der Waals surface area contributed by atoms with E-state index in [-0.39, 0.29) is 0 Å². The number of allylic oxidation sites excluding steroid dienone is 2. The van der Waals surface area contributed by atoms with E-state index in [1.807, 2.05) is 37.3 Å². The van der Waals surface area contributed by atoms with Gasteiger partial charge in [0.15, 0.2) is 0 Å². The van der Waals surface area contributed by atoms with Gasteiger partial charge in [-0.05, 0) is 38.0 Å². The number of para-hydroxylation sites is 1. The maximum atomic E-state index is 4.85. The van der Waals surface area contributed by atoms with E-state index in [1.165, 1.54) is 11.1 Å². The van der Waals surface area contributed by atoms with Crippen LogP contribution in [0.25, 0.3) is 0 Å². The van der Waals surface area contributed by atoms with Gasteiger partial charge in [0.2, 0.25) is 0 Å². The van der Waals surface area contributed by atoms with Crippen LogP contribution in [-0.4, -0.2) is 5.71 Å². The number of aryl methyl sites for hydroxylation is 1. The SMILES string of the molecule is C/C=C(/C)C(=Nc1ccccc1C)c1ccccc1. The number of benzene rings is 2. The highest BCUT2D eigenvalue weighted by molar-refractivity contribution is 6.13. The van der Waals surface area contributed by atoms with Gasteiger partial charge in [-0.3, -0.25) is 0 Å². The molecule has 96 valence electrons. The Balaban J connectivity index is 2.54. The highest BCUT2D eigenvalue weighted by atomic mass is 14.8. The summed E-state index contributed by atoms with van der Waals surface area (Å²) in [7, 11) is 0. The number of nitrogens with zero attached hydrogens (tertiary/aromatic N) is 1. The van der Waals surface area contributed by atoms with Crippen molar-refractivity contribution in [3.63, 3.8) is 0 Å². The summed E-state index contributed by atoms with van der Waals surface area (Å²) in [6.45, 7) is 6.24. The van der Waals surface area contributed by atoms with E-state index in [0.29, 0.717) is 0 Å². The van der Waals surface area contributed by atoms with E-state index in [1.54, 1.807) is 0 Å². The minimum atomic E-state index is 1.03. The quantitative estimate of drug-likeness (QED) is 0.672. The molecule has 0 aliphatic rings. The molecule has 0 aromatic heterocycles. The summed E-state index contributed by atoms with van der Waals surface area (Å²) in [5, 5.41) is 0. The molecule has 19 heavy (non-hydrogen) atoms. The Bertz CT molecular complexity index is 607. The normalized spacial score (nSPS) is 12.6. The molecule has 0 saturated carbocycles. The first kappa shape index (κ1) is 13.3. The molecule has 2 rings (SSSR count). The van der Waals surface area contributed by atoms with E-state index in [4.69, 9.17) is 4.99 Å². The summed E-state index contributed by atoms with van der Waals surface area (Å²) >= 11 is 0. The fraction of sp³-hybridized carbons (Fsp3) is 0.167. The molecule has 2 aromatic rings. The highest BCUT2D eigenvalue weighted by Gasteiger charge is 2.06. The Morgan fingerprint density at radius 3 is 2.21 bits per heavy atom. The second kappa shape index (κ2) is 6.14. The van der Waals surface area contributed by atoms with Gasteiger partial charge in [0, 0.05) is 5.56 Å². The maximum absolute atomic E-state index is 4.85. The lowest BCUT2D eigenvalue weighted by Gasteiger charge is -2.08. The van der Waals surface area contributed by atoms with Crippen molar-refractivity contribution in [2.24, 2.45) is 4.99 Å². The second-order valence-corrected chi connectivity index (χ2v) is 4.58.